The summed E-state index contributed by atoms with van der Waals surface area (Å²) in [6.07, 6.45) is 4.13. The smallest absolute Gasteiger partial charge is 0.338 e. The summed E-state index contributed by atoms with van der Waals surface area (Å²) in [6.45, 7) is 3.97. The van der Waals surface area contributed by atoms with Gasteiger partial charge in [-0.2, -0.15) is 0 Å². The van der Waals surface area contributed by atoms with Crippen molar-refractivity contribution in [2.45, 2.75) is 56.6 Å². The Labute approximate surface area is 192 Å². The molecule has 1 aromatic carbocycles. The van der Waals surface area contributed by atoms with Crippen LogP contribution in [0.1, 0.15) is 49.9 Å². The SMILES string of the molecule is C[C@H](OC(=O)c1ccc2c(c1)SC1=NS(=O)(=O)CCN12)C(=O)N[C@@H](C)[C@@H]1C[C@H]2CC[C@H]1C2. The molecule has 2 saturated carbocycles. The molecule has 1 aromatic rings. The molecule has 0 unspecified atom stereocenters. The van der Waals surface area contributed by atoms with E-state index in [9.17, 15) is 18.0 Å². The third-order valence-electron chi connectivity index (χ3n) is 7.17. The molecule has 0 spiro atoms. The second kappa shape index (κ2) is 8.06. The first-order valence-electron chi connectivity index (χ1n) is 11.1. The summed E-state index contributed by atoms with van der Waals surface area (Å²) >= 11 is 1.22. The highest BCUT2D eigenvalue weighted by molar-refractivity contribution is 8.15. The highest BCUT2D eigenvalue weighted by Gasteiger charge is 2.42. The summed E-state index contributed by atoms with van der Waals surface area (Å²) < 4.78 is 32.8. The largest absolute Gasteiger partial charge is 0.449 e. The first-order chi connectivity index (χ1) is 15.2. The molecule has 0 saturated heterocycles. The van der Waals surface area contributed by atoms with Gasteiger partial charge in [0.2, 0.25) is 0 Å². The third-order valence-corrected chi connectivity index (χ3v) is 9.47. The molecule has 172 valence electrons. The monoisotopic (exact) mass is 477 g/mol. The number of hydrogen-bond acceptors (Lipinski definition) is 7. The van der Waals surface area contributed by atoms with E-state index < -0.39 is 22.1 Å². The number of anilines is 1. The van der Waals surface area contributed by atoms with Crippen LogP contribution >= 0.6 is 11.8 Å². The molecule has 32 heavy (non-hydrogen) atoms. The number of nitrogens with zero attached hydrogens (tertiary/aromatic N) is 2. The minimum Gasteiger partial charge on any atom is -0.449 e. The van der Waals surface area contributed by atoms with E-state index in [-0.39, 0.29) is 17.7 Å². The van der Waals surface area contributed by atoms with Crippen LogP contribution in [0.5, 0.6) is 0 Å². The number of amides is 1. The summed E-state index contributed by atoms with van der Waals surface area (Å²) in [5.74, 6) is 1.14. The number of rotatable bonds is 5. The number of sulfonamides is 1. The van der Waals surface area contributed by atoms with Crippen molar-refractivity contribution in [1.29, 1.82) is 0 Å². The van der Waals surface area contributed by atoms with Gasteiger partial charge in [-0.15, -0.1) is 4.40 Å². The van der Waals surface area contributed by atoms with Gasteiger partial charge in [0.1, 0.15) is 0 Å². The Morgan fingerprint density at radius 1 is 1.25 bits per heavy atom. The predicted molar refractivity (Wildman–Crippen MR) is 122 cm³/mol. The van der Waals surface area contributed by atoms with Gasteiger partial charge >= 0.3 is 5.97 Å². The van der Waals surface area contributed by atoms with E-state index in [1.807, 2.05) is 11.8 Å². The maximum atomic E-state index is 12.7. The molecule has 4 aliphatic rings. The Morgan fingerprint density at radius 2 is 2.06 bits per heavy atom. The topological polar surface area (TPSA) is 105 Å². The fourth-order valence-corrected chi connectivity index (χ4v) is 7.79. The van der Waals surface area contributed by atoms with E-state index >= 15 is 0 Å². The van der Waals surface area contributed by atoms with E-state index in [0.717, 1.165) is 16.5 Å². The number of esters is 1. The maximum absolute atomic E-state index is 12.7. The highest BCUT2D eigenvalue weighted by atomic mass is 32.2. The summed E-state index contributed by atoms with van der Waals surface area (Å²) in [6, 6.07) is 5.14. The molecule has 10 heteroatoms. The number of nitrogens with one attached hydrogen (secondary N) is 1. The number of carbonyl (C=O) groups excluding carboxylic acids is 2. The number of carbonyl (C=O) groups is 2. The second-order valence-corrected chi connectivity index (χ2v) is 12.0. The molecule has 2 aliphatic carbocycles. The van der Waals surface area contributed by atoms with Gasteiger partial charge in [-0.05, 0) is 80.8 Å². The van der Waals surface area contributed by atoms with Crippen molar-refractivity contribution >= 4 is 44.5 Å². The maximum Gasteiger partial charge on any atom is 0.338 e. The number of amidine groups is 1. The van der Waals surface area contributed by atoms with Gasteiger partial charge in [-0.25, -0.2) is 13.2 Å². The van der Waals surface area contributed by atoms with E-state index in [1.165, 1.54) is 37.4 Å². The first kappa shape index (κ1) is 21.8. The quantitative estimate of drug-likeness (QED) is 0.650. The van der Waals surface area contributed by atoms with Crippen molar-refractivity contribution in [3.8, 4) is 0 Å². The Kier molecular flexibility index (Phi) is 5.48. The average Bonchev–Trinajstić information content (AvgIpc) is 3.45. The van der Waals surface area contributed by atoms with Crippen molar-refractivity contribution in [2.75, 3.05) is 17.2 Å². The Balaban J connectivity index is 1.21. The van der Waals surface area contributed by atoms with Crippen LogP contribution in [-0.2, 0) is 19.6 Å². The zero-order valence-electron chi connectivity index (χ0n) is 18.1. The lowest BCUT2D eigenvalue weighted by Gasteiger charge is -2.29. The lowest BCUT2D eigenvalue weighted by Crippen LogP contribution is -2.45. The van der Waals surface area contributed by atoms with Gasteiger partial charge in [0.15, 0.2) is 11.3 Å². The molecule has 5 rings (SSSR count). The number of hydrogen-bond donors (Lipinski definition) is 1. The lowest BCUT2D eigenvalue weighted by molar-refractivity contribution is -0.130. The van der Waals surface area contributed by atoms with Crippen LogP contribution in [0.4, 0.5) is 5.69 Å². The molecular weight excluding hydrogens is 450 g/mol. The summed E-state index contributed by atoms with van der Waals surface area (Å²) in [4.78, 5) is 27.9. The van der Waals surface area contributed by atoms with Gasteiger partial charge in [0.05, 0.1) is 17.0 Å². The van der Waals surface area contributed by atoms with Crippen LogP contribution in [-0.4, -0.2) is 49.9 Å². The van der Waals surface area contributed by atoms with Gasteiger partial charge in [-0.3, -0.25) is 4.79 Å². The van der Waals surface area contributed by atoms with Crippen molar-refractivity contribution in [2.24, 2.45) is 22.2 Å². The molecular formula is C22H27N3O5S2. The van der Waals surface area contributed by atoms with Crippen LogP contribution in [0.2, 0.25) is 0 Å². The van der Waals surface area contributed by atoms with Crippen LogP contribution in [0.3, 0.4) is 0 Å². The predicted octanol–water partition coefficient (Wildman–Crippen LogP) is 2.78. The average molecular weight is 478 g/mol. The van der Waals surface area contributed by atoms with E-state index in [1.54, 1.807) is 25.1 Å². The minimum absolute atomic E-state index is 0.0341. The molecule has 2 aliphatic heterocycles. The fourth-order valence-electron chi connectivity index (χ4n) is 5.49. The standard InChI is InChI=1S/C22H27N3O5S2/c1-12(17-10-14-3-4-15(17)9-14)23-20(26)13(2)30-21(27)16-5-6-18-19(11-16)31-22-24-32(28,29)8-7-25(18)22/h5-6,11-15,17H,3-4,7-10H2,1-2H3,(H,23,26)/t12-,13-,14-,15-,17-/m0/s1. The van der Waals surface area contributed by atoms with Crippen LogP contribution in [0, 0.1) is 17.8 Å². The molecule has 2 bridgehead atoms. The molecule has 0 aromatic heterocycles. The number of ether oxygens (including phenoxy) is 1. The van der Waals surface area contributed by atoms with E-state index in [0.29, 0.717) is 29.1 Å². The molecule has 0 radical (unpaired) electrons. The molecule has 2 fully saturated rings. The van der Waals surface area contributed by atoms with Crippen molar-refractivity contribution in [3.63, 3.8) is 0 Å². The number of benzene rings is 1. The Morgan fingerprint density at radius 3 is 2.78 bits per heavy atom. The van der Waals surface area contributed by atoms with Crippen LogP contribution < -0.4 is 10.2 Å². The summed E-state index contributed by atoms with van der Waals surface area (Å²) in [7, 11) is -3.44. The summed E-state index contributed by atoms with van der Waals surface area (Å²) in [5.41, 5.74) is 1.14. The van der Waals surface area contributed by atoms with Gasteiger partial charge < -0.3 is 15.0 Å². The minimum atomic E-state index is -3.44. The molecule has 5 atom stereocenters. The highest BCUT2D eigenvalue weighted by Crippen LogP contribution is 2.49. The first-order valence-corrected chi connectivity index (χ1v) is 13.6. The second-order valence-electron chi connectivity index (χ2n) is 9.28. The van der Waals surface area contributed by atoms with Crippen LogP contribution in [0.25, 0.3) is 0 Å². The zero-order chi connectivity index (χ0) is 22.6. The number of thioether (sulfide) groups is 1. The molecule has 1 amide bonds. The van der Waals surface area contributed by atoms with Gasteiger partial charge in [-0.1, -0.05) is 6.42 Å². The normalized spacial score (nSPS) is 29.0. The van der Waals surface area contributed by atoms with Gasteiger partial charge in [0.25, 0.3) is 15.9 Å². The van der Waals surface area contributed by atoms with Crippen LogP contribution in [0.15, 0.2) is 27.5 Å². The lowest BCUT2D eigenvalue weighted by atomic mass is 9.84. The molecule has 8 nitrogen and oxygen atoms in total. The van der Waals surface area contributed by atoms with Crippen molar-refractivity contribution in [3.05, 3.63) is 23.8 Å². The van der Waals surface area contributed by atoms with Crippen molar-refractivity contribution < 1.29 is 22.7 Å². The molecule has 2 heterocycles. The third kappa shape index (κ3) is 4.03. The van der Waals surface area contributed by atoms with Crippen molar-refractivity contribution in [1.82, 2.24) is 5.32 Å². The van der Waals surface area contributed by atoms with E-state index in [2.05, 4.69) is 9.71 Å². The van der Waals surface area contributed by atoms with E-state index in [4.69, 9.17) is 4.74 Å². The summed E-state index contributed by atoms with van der Waals surface area (Å²) in [5, 5.41) is 3.45. The fraction of sp³-hybridized carbons (Fsp3) is 0.591. The Bertz CT molecular complexity index is 1100. The Hall–Kier alpha value is -2.07. The number of fused-ring (bicyclic) bond motifs is 5. The van der Waals surface area contributed by atoms with Gasteiger partial charge in [0, 0.05) is 17.5 Å². The molecule has 1 N–H and O–H groups in total. The zero-order valence-corrected chi connectivity index (χ0v) is 19.7.